The molecule has 0 atom stereocenters. The smallest absolute Gasteiger partial charge is 0.340 e. The molecule has 3 rings (SSSR count). The van der Waals surface area contributed by atoms with E-state index in [2.05, 4.69) is 0 Å². The van der Waals surface area contributed by atoms with Crippen LogP contribution in [0.4, 0.5) is 0 Å². The third-order valence-corrected chi connectivity index (χ3v) is 5.27. The molecule has 0 bridgehead atoms. The van der Waals surface area contributed by atoms with E-state index < -0.39 is 5.97 Å². The number of amides is 1. The van der Waals surface area contributed by atoms with Crippen molar-refractivity contribution in [2.45, 2.75) is 26.9 Å². The molecule has 3 heterocycles. The van der Waals surface area contributed by atoms with Gasteiger partial charge in [-0.1, -0.05) is 6.07 Å². The van der Waals surface area contributed by atoms with Gasteiger partial charge in [-0.25, -0.2) is 4.79 Å². The minimum atomic E-state index is -0.494. The average Bonchev–Trinajstić information content (AvgIpc) is 3.39. The Hall–Kier alpha value is -2.80. The fourth-order valence-corrected chi connectivity index (χ4v) is 3.61. The molecule has 0 N–H and O–H groups in total. The first-order valence-electron chi connectivity index (χ1n) is 8.58. The SMILES string of the molecule is Cc1cc(C(=O)OCC(=O)N(C)Cc2cccs2)c(C)n1Cc1ccco1. The van der Waals surface area contributed by atoms with Crippen molar-refractivity contribution in [1.29, 1.82) is 0 Å². The fraction of sp³-hybridized carbons (Fsp3) is 0.300. The topological polar surface area (TPSA) is 64.7 Å². The zero-order valence-corrected chi connectivity index (χ0v) is 16.4. The molecule has 0 aliphatic rings. The van der Waals surface area contributed by atoms with Gasteiger partial charge in [0.25, 0.3) is 5.91 Å². The van der Waals surface area contributed by atoms with E-state index in [0.29, 0.717) is 18.7 Å². The van der Waals surface area contributed by atoms with E-state index in [9.17, 15) is 9.59 Å². The van der Waals surface area contributed by atoms with Gasteiger partial charge in [0.2, 0.25) is 0 Å². The Labute approximate surface area is 162 Å². The van der Waals surface area contributed by atoms with Gasteiger partial charge in [-0.3, -0.25) is 4.79 Å². The fourth-order valence-electron chi connectivity index (χ4n) is 2.85. The number of rotatable bonds is 7. The Morgan fingerprint density at radius 3 is 2.74 bits per heavy atom. The number of likely N-dealkylation sites (N-methyl/N-ethyl adjacent to an activating group) is 1. The van der Waals surface area contributed by atoms with Crippen LogP contribution in [0, 0.1) is 13.8 Å². The Morgan fingerprint density at radius 2 is 2.07 bits per heavy atom. The van der Waals surface area contributed by atoms with Crippen molar-refractivity contribution < 1.29 is 18.7 Å². The van der Waals surface area contributed by atoms with Gasteiger partial charge in [-0.2, -0.15) is 0 Å². The van der Waals surface area contributed by atoms with Gasteiger partial charge < -0.3 is 18.6 Å². The molecule has 0 aromatic carbocycles. The molecule has 7 heteroatoms. The van der Waals surface area contributed by atoms with Crippen LogP contribution >= 0.6 is 11.3 Å². The lowest BCUT2D eigenvalue weighted by Crippen LogP contribution is -2.30. The van der Waals surface area contributed by atoms with Crippen LogP contribution in [0.2, 0.25) is 0 Å². The number of furan rings is 1. The summed E-state index contributed by atoms with van der Waals surface area (Å²) < 4.78 is 12.6. The molecule has 3 aromatic rings. The zero-order valence-electron chi connectivity index (χ0n) is 15.6. The van der Waals surface area contributed by atoms with E-state index in [1.807, 2.05) is 48.1 Å². The molecule has 0 aliphatic heterocycles. The number of esters is 1. The van der Waals surface area contributed by atoms with Gasteiger partial charge in [-0.05, 0) is 43.5 Å². The molecule has 1 amide bonds. The van der Waals surface area contributed by atoms with E-state index in [1.165, 1.54) is 0 Å². The van der Waals surface area contributed by atoms with Gasteiger partial charge >= 0.3 is 5.97 Å². The number of carbonyl (C=O) groups is 2. The molecule has 6 nitrogen and oxygen atoms in total. The first-order chi connectivity index (χ1) is 13.0. The first kappa shape index (κ1) is 19.0. The Bertz CT molecular complexity index is 910. The molecule has 0 spiro atoms. The molecule has 3 aromatic heterocycles. The van der Waals surface area contributed by atoms with Crippen LogP contribution in [0.5, 0.6) is 0 Å². The van der Waals surface area contributed by atoms with Crippen molar-refractivity contribution in [2.75, 3.05) is 13.7 Å². The lowest BCUT2D eigenvalue weighted by atomic mass is 10.2. The highest BCUT2D eigenvalue weighted by atomic mass is 32.1. The standard InChI is InChI=1S/C20H22N2O4S/c1-14-10-18(15(2)22(14)11-16-6-4-8-25-16)20(24)26-13-19(23)21(3)12-17-7-5-9-27-17/h4-10H,11-13H2,1-3H3. The maximum atomic E-state index is 12.4. The van der Waals surface area contributed by atoms with Crippen LogP contribution in [0.3, 0.4) is 0 Å². The van der Waals surface area contributed by atoms with E-state index in [0.717, 1.165) is 22.0 Å². The molecule has 0 unspecified atom stereocenters. The Kier molecular flexibility index (Phi) is 5.81. The quantitative estimate of drug-likeness (QED) is 0.582. The minimum Gasteiger partial charge on any atom is -0.467 e. The van der Waals surface area contributed by atoms with Crippen LogP contribution in [0.25, 0.3) is 0 Å². The summed E-state index contributed by atoms with van der Waals surface area (Å²) in [6.07, 6.45) is 1.62. The van der Waals surface area contributed by atoms with Crippen molar-refractivity contribution in [3.8, 4) is 0 Å². The molecule has 0 aliphatic carbocycles. The van der Waals surface area contributed by atoms with Crippen molar-refractivity contribution in [3.63, 3.8) is 0 Å². The van der Waals surface area contributed by atoms with E-state index in [-0.39, 0.29) is 12.5 Å². The highest BCUT2D eigenvalue weighted by molar-refractivity contribution is 7.09. The minimum absolute atomic E-state index is 0.235. The molecule has 0 fully saturated rings. The molecule has 142 valence electrons. The highest BCUT2D eigenvalue weighted by Gasteiger charge is 2.19. The number of hydrogen-bond acceptors (Lipinski definition) is 5. The number of hydrogen-bond donors (Lipinski definition) is 0. The van der Waals surface area contributed by atoms with Gasteiger partial charge in [0.1, 0.15) is 5.76 Å². The van der Waals surface area contributed by atoms with Gasteiger partial charge in [0, 0.05) is 23.3 Å². The Balaban J connectivity index is 1.60. The van der Waals surface area contributed by atoms with Gasteiger partial charge in [-0.15, -0.1) is 11.3 Å². The summed E-state index contributed by atoms with van der Waals surface area (Å²) in [4.78, 5) is 27.3. The van der Waals surface area contributed by atoms with E-state index in [4.69, 9.17) is 9.15 Å². The highest BCUT2D eigenvalue weighted by Crippen LogP contribution is 2.18. The van der Waals surface area contributed by atoms with Gasteiger partial charge in [0.05, 0.1) is 24.9 Å². The van der Waals surface area contributed by atoms with Crippen LogP contribution in [0.15, 0.2) is 46.4 Å². The summed E-state index contributed by atoms with van der Waals surface area (Å²) in [5.74, 6) is 0.0786. The molecular weight excluding hydrogens is 364 g/mol. The van der Waals surface area contributed by atoms with Crippen molar-refractivity contribution in [3.05, 3.63) is 69.6 Å². The summed E-state index contributed by atoms with van der Waals surface area (Å²) in [6, 6.07) is 9.40. The summed E-state index contributed by atoms with van der Waals surface area (Å²) in [6.45, 7) is 4.55. The summed E-state index contributed by atoms with van der Waals surface area (Å²) in [7, 11) is 1.70. The Morgan fingerprint density at radius 1 is 1.26 bits per heavy atom. The third kappa shape index (κ3) is 4.49. The van der Waals surface area contributed by atoms with Gasteiger partial charge in [0.15, 0.2) is 6.61 Å². The maximum Gasteiger partial charge on any atom is 0.340 e. The monoisotopic (exact) mass is 386 g/mol. The number of aryl methyl sites for hydroxylation is 1. The van der Waals surface area contributed by atoms with Crippen molar-refractivity contribution in [1.82, 2.24) is 9.47 Å². The van der Waals surface area contributed by atoms with E-state index >= 15 is 0 Å². The van der Waals surface area contributed by atoms with Crippen molar-refractivity contribution in [2.24, 2.45) is 0 Å². The van der Waals surface area contributed by atoms with Crippen LogP contribution < -0.4 is 0 Å². The maximum absolute atomic E-state index is 12.4. The second kappa shape index (κ2) is 8.26. The molecule has 27 heavy (non-hydrogen) atoms. The lowest BCUT2D eigenvalue weighted by molar-refractivity contribution is -0.133. The largest absolute Gasteiger partial charge is 0.467 e. The summed E-state index contributed by atoms with van der Waals surface area (Å²) in [5, 5.41) is 1.96. The van der Waals surface area contributed by atoms with Crippen LogP contribution in [-0.2, 0) is 22.6 Å². The predicted molar refractivity (Wildman–Crippen MR) is 103 cm³/mol. The number of carbonyl (C=O) groups excluding carboxylic acids is 2. The van der Waals surface area contributed by atoms with E-state index in [1.54, 1.807) is 35.6 Å². The molecule has 0 saturated heterocycles. The number of aromatic nitrogens is 1. The lowest BCUT2D eigenvalue weighted by Gasteiger charge is -2.16. The summed E-state index contributed by atoms with van der Waals surface area (Å²) >= 11 is 1.59. The van der Waals surface area contributed by atoms with Crippen molar-refractivity contribution >= 4 is 23.2 Å². The number of thiophene rings is 1. The van der Waals surface area contributed by atoms with Crippen LogP contribution in [-0.4, -0.2) is 35.0 Å². The molecule has 0 radical (unpaired) electrons. The number of nitrogens with zero attached hydrogens (tertiary/aromatic N) is 2. The van der Waals surface area contributed by atoms with Crippen LogP contribution in [0.1, 0.15) is 32.4 Å². The molecule has 0 saturated carbocycles. The summed E-state index contributed by atoms with van der Waals surface area (Å²) in [5.41, 5.74) is 2.18. The first-order valence-corrected chi connectivity index (χ1v) is 9.46. The normalized spacial score (nSPS) is 10.8. The predicted octanol–water partition coefficient (Wildman–Crippen LogP) is 3.62. The average molecular weight is 386 g/mol. The third-order valence-electron chi connectivity index (χ3n) is 4.41. The second-order valence-electron chi connectivity index (χ2n) is 6.36. The zero-order chi connectivity index (χ0) is 19.4. The molecular formula is C20H22N2O4S. The number of ether oxygens (including phenoxy) is 1. The second-order valence-corrected chi connectivity index (χ2v) is 7.39.